The molecule has 6 heteroatoms. The molecule has 152 valence electrons. The molecule has 0 spiro atoms. The topological polar surface area (TPSA) is 62.6 Å². The van der Waals surface area contributed by atoms with Crippen LogP contribution in [0.4, 0.5) is 0 Å². The van der Waals surface area contributed by atoms with Gasteiger partial charge in [0.2, 0.25) is 0 Å². The molecule has 1 aliphatic heterocycles. The summed E-state index contributed by atoms with van der Waals surface area (Å²) in [6.07, 6.45) is 6.13. The summed E-state index contributed by atoms with van der Waals surface area (Å²) in [5.74, 6) is 0.823. The maximum atomic E-state index is 5.64. The van der Waals surface area contributed by atoms with E-state index in [2.05, 4.69) is 81.2 Å². The second-order valence-corrected chi connectivity index (χ2v) is 7.63. The molecule has 3 rings (SSSR count). The van der Waals surface area contributed by atoms with Crippen LogP contribution >= 0.6 is 0 Å². The minimum absolute atomic E-state index is 0.0160. The molecule has 1 atom stereocenters. The summed E-state index contributed by atoms with van der Waals surface area (Å²) in [5.41, 5.74) is 2.53. The third-order valence-electron chi connectivity index (χ3n) is 5.44. The summed E-state index contributed by atoms with van der Waals surface area (Å²) in [4.78, 5) is 4.39. The Balaban J connectivity index is 1.59. The molecule has 3 N–H and O–H groups in total. The second-order valence-electron chi connectivity index (χ2n) is 7.63. The Morgan fingerprint density at radius 3 is 2.57 bits per heavy atom. The van der Waals surface area contributed by atoms with Crippen molar-refractivity contribution in [3.8, 4) is 0 Å². The summed E-state index contributed by atoms with van der Waals surface area (Å²) in [7, 11) is 3.85. The van der Waals surface area contributed by atoms with Crippen molar-refractivity contribution in [3.63, 3.8) is 0 Å². The lowest BCUT2D eigenvalue weighted by Crippen LogP contribution is -2.58. The van der Waals surface area contributed by atoms with Crippen LogP contribution in [0.15, 0.2) is 53.8 Å². The van der Waals surface area contributed by atoms with E-state index in [9.17, 15) is 0 Å². The maximum Gasteiger partial charge on any atom is 0.191 e. The molecule has 1 aromatic heterocycles. The van der Waals surface area contributed by atoms with Crippen LogP contribution in [-0.2, 0) is 18.3 Å². The van der Waals surface area contributed by atoms with E-state index in [1.807, 2.05) is 14.1 Å². The molecular weight excluding hydrogens is 350 g/mol. The largest absolute Gasteiger partial charge is 0.381 e. The molecule has 2 aromatic rings. The number of nitrogens with zero attached hydrogens (tertiary/aromatic N) is 2. The minimum Gasteiger partial charge on any atom is -0.381 e. The Hall–Kier alpha value is -2.31. The highest BCUT2D eigenvalue weighted by Gasteiger charge is 2.34. The highest BCUT2D eigenvalue weighted by molar-refractivity contribution is 5.79. The Kier molecular flexibility index (Phi) is 7.12. The third kappa shape index (κ3) is 5.59. The number of hydrogen-bond donors (Lipinski definition) is 3. The molecule has 28 heavy (non-hydrogen) atoms. The van der Waals surface area contributed by atoms with Gasteiger partial charge < -0.3 is 25.3 Å². The Morgan fingerprint density at radius 1 is 1.18 bits per heavy atom. The third-order valence-corrected chi connectivity index (χ3v) is 5.44. The molecule has 1 aromatic carbocycles. The van der Waals surface area contributed by atoms with E-state index in [0.29, 0.717) is 0 Å². The van der Waals surface area contributed by atoms with Gasteiger partial charge in [-0.05, 0) is 37.0 Å². The lowest BCUT2D eigenvalue weighted by atomic mass is 9.88. The molecule has 0 radical (unpaired) electrons. The van der Waals surface area contributed by atoms with E-state index in [-0.39, 0.29) is 11.6 Å². The summed E-state index contributed by atoms with van der Waals surface area (Å²) in [5, 5.41) is 10.8. The molecule has 0 bridgehead atoms. The summed E-state index contributed by atoms with van der Waals surface area (Å²) < 4.78 is 7.69. The monoisotopic (exact) mass is 383 g/mol. The first-order valence-corrected chi connectivity index (χ1v) is 10.1. The number of guanidine groups is 1. The van der Waals surface area contributed by atoms with Gasteiger partial charge in [-0.1, -0.05) is 30.3 Å². The normalized spacial score (nSPS) is 17.9. The number of hydrogen-bond acceptors (Lipinski definition) is 3. The van der Waals surface area contributed by atoms with Crippen molar-refractivity contribution in [1.82, 2.24) is 20.5 Å². The van der Waals surface area contributed by atoms with Gasteiger partial charge in [0.05, 0.1) is 0 Å². The zero-order chi connectivity index (χ0) is 19.8. The van der Waals surface area contributed by atoms with Crippen molar-refractivity contribution in [1.29, 1.82) is 0 Å². The minimum atomic E-state index is -0.0160. The quantitative estimate of drug-likeness (QED) is 0.508. The van der Waals surface area contributed by atoms with Crippen LogP contribution < -0.4 is 16.0 Å². The Bertz CT molecular complexity index is 749. The van der Waals surface area contributed by atoms with Gasteiger partial charge in [0.1, 0.15) is 0 Å². The SMILES string of the molecule is CN=C(NCc1ccn(C)c1)NCC1(NC(C)c2ccccc2)CCOCC1. The lowest BCUT2D eigenvalue weighted by Gasteiger charge is -2.41. The van der Waals surface area contributed by atoms with E-state index >= 15 is 0 Å². The maximum absolute atomic E-state index is 5.64. The number of nitrogens with one attached hydrogen (secondary N) is 3. The van der Waals surface area contributed by atoms with Gasteiger partial charge in [-0.15, -0.1) is 0 Å². The summed E-state index contributed by atoms with van der Waals surface area (Å²) >= 11 is 0. The Morgan fingerprint density at radius 2 is 1.93 bits per heavy atom. The van der Waals surface area contributed by atoms with Crippen molar-refractivity contribution in [3.05, 3.63) is 59.9 Å². The fourth-order valence-corrected chi connectivity index (χ4v) is 3.74. The molecule has 0 aliphatic carbocycles. The van der Waals surface area contributed by atoms with Gasteiger partial charge in [0, 0.05) is 64.4 Å². The fourth-order valence-electron chi connectivity index (χ4n) is 3.74. The molecule has 0 saturated carbocycles. The predicted octanol–water partition coefficient (Wildman–Crippen LogP) is 2.59. The summed E-state index contributed by atoms with van der Waals surface area (Å²) in [6.45, 7) is 5.36. The van der Waals surface area contributed by atoms with E-state index in [4.69, 9.17) is 4.74 Å². The first-order valence-electron chi connectivity index (χ1n) is 10.1. The van der Waals surface area contributed by atoms with Gasteiger partial charge in [-0.3, -0.25) is 4.99 Å². The first kappa shape index (κ1) is 20.4. The van der Waals surface area contributed by atoms with Gasteiger partial charge in [-0.2, -0.15) is 0 Å². The van der Waals surface area contributed by atoms with Crippen molar-refractivity contribution in [2.75, 3.05) is 26.8 Å². The Labute approximate surface area is 168 Å². The number of ether oxygens (including phenoxy) is 1. The van der Waals surface area contributed by atoms with E-state index in [1.165, 1.54) is 11.1 Å². The molecule has 1 saturated heterocycles. The molecule has 2 heterocycles. The number of aromatic nitrogens is 1. The van der Waals surface area contributed by atoms with Gasteiger partial charge in [-0.25, -0.2) is 0 Å². The number of rotatable bonds is 7. The van der Waals surface area contributed by atoms with Crippen LogP contribution in [0.2, 0.25) is 0 Å². The first-order chi connectivity index (χ1) is 13.6. The average molecular weight is 384 g/mol. The molecule has 0 amide bonds. The van der Waals surface area contributed by atoms with Gasteiger partial charge in [0.25, 0.3) is 0 Å². The molecular formula is C22H33N5O. The zero-order valence-electron chi connectivity index (χ0n) is 17.2. The zero-order valence-corrected chi connectivity index (χ0v) is 17.2. The van der Waals surface area contributed by atoms with Crippen LogP contribution in [0.5, 0.6) is 0 Å². The van der Waals surface area contributed by atoms with Gasteiger partial charge >= 0.3 is 0 Å². The lowest BCUT2D eigenvalue weighted by molar-refractivity contribution is 0.0355. The van der Waals surface area contributed by atoms with Crippen LogP contribution in [0.3, 0.4) is 0 Å². The molecule has 1 aliphatic rings. The van der Waals surface area contributed by atoms with E-state index in [1.54, 1.807) is 0 Å². The van der Waals surface area contributed by atoms with Crippen LogP contribution in [0.25, 0.3) is 0 Å². The standard InChI is InChI=1S/C22H33N5O/c1-18(20-7-5-4-6-8-20)26-22(10-13-28-14-11-22)17-25-21(23-2)24-15-19-9-12-27(3)16-19/h4-9,12,16,18,26H,10-11,13-15,17H2,1-3H3,(H2,23,24,25). The van der Waals surface area contributed by atoms with Crippen molar-refractivity contribution in [2.45, 2.75) is 37.9 Å². The number of aliphatic imine (C=N–C) groups is 1. The fraction of sp³-hybridized carbons (Fsp3) is 0.500. The number of aryl methyl sites for hydroxylation is 1. The molecule has 1 unspecified atom stereocenters. The van der Waals surface area contributed by atoms with Gasteiger partial charge in [0.15, 0.2) is 5.96 Å². The van der Waals surface area contributed by atoms with Crippen molar-refractivity contribution in [2.24, 2.45) is 12.0 Å². The molecule has 1 fully saturated rings. The molecule has 6 nitrogen and oxygen atoms in total. The van der Waals surface area contributed by atoms with E-state index < -0.39 is 0 Å². The second kappa shape index (κ2) is 9.75. The van der Waals surface area contributed by atoms with Crippen LogP contribution in [0, 0.1) is 0 Å². The number of benzene rings is 1. The average Bonchev–Trinajstić information content (AvgIpc) is 3.14. The predicted molar refractivity (Wildman–Crippen MR) is 114 cm³/mol. The highest BCUT2D eigenvalue weighted by atomic mass is 16.5. The smallest absolute Gasteiger partial charge is 0.191 e. The highest BCUT2D eigenvalue weighted by Crippen LogP contribution is 2.25. The van der Waals surface area contributed by atoms with Crippen molar-refractivity contribution >= 4 is 5.96 Å². The van der Waals surface area contributed by atoms with Crippen LogP contribution in [-0.4, -0.2) is 42.9 Å². The van der Waals surface area contributed by atoms with Crippen molar-refractivity contribution < 1.29 is 4.74 Å². The van der Waals surface area contributed by atoms with Crippen LogP contribution in [0.1, 0.15) is 36.9 Å². The summed E-state index contributed by atoms with van der Waals surface area (Å²) in [6, 6.07) is 13.0. The van der Waals surface area contributed by atoms with E-state index in [0.717, 1.165) is 45.1 Å².